The third-order valence-electron chi connectivity index (χ3n) is 5.62. The Hall–Kier alpha value is -0.650. The lowest BCUT2D eigenvalue weighted by Crippen LogP contribution is -2.53. The van der Waals surface area contributed by atoms with E-state index in [1.165, 1.54) is 25.7 Å². The van der Waals surface area contributed by atoms with E-state index in [4.69, 9.17) is 0 Å². The van der Waals surface area contributed by atoms with Crippen LogP contribution in [0.3, 0.4) is 0 Å². The van der Waals surface area contributed by atoms with Gasteiger partial charge in [-0.15, -0.1) is 0 Å². The zero-order chi connectivity index (χ0) is 15.5. The van der Waals surface area contributed by atoms with Crippen LogP contribution in [0.15, 0.2) is 0 Å². The summed E-state index contributed by atoms with van der Waals surface area (Å²) in [6.07, 6.45) is 8.86. The molecule has 0 aromatic carbocycles. The summed E-state index contributed by atoms with van der Waals surface area (Å²) in [6.45, 7) is 2.54. The van der Waals surface area contributed by atoms with Crippen molar-refractivity contribution in [3.05, 3.63) is 0 Å². The van der Waals surface area contributed by atoms with Gasteiger partial charge in [0.2, 0.25) is 5.91 Å². The maximum Gasteiger partial charge on any atom is 0.234 e. The van der Waals surface area contributed by atoms with Crippen LogP contribution < -0.4 is 5.32 Å². The van der Waals surface area contributed by atoms with Crippen molar-refractivity contribution in [2.45, 2.75) is 75.6 Å². The number of hydrogen-bond acceptors (Lipinski definition) is 4. The molecule has 0 radical (unpaired) electrons. The van der Waals surface area contributed by atoms with Gasteiger partial charge in [-0.1, -0.05) is 12.8 Å². The third kappa shape index (κ3) is 4.21. The molecule has 1 heterocycles. The van der Waals surface area contributed by atoms with E-state index in [0.29, 0.717) is 24.7 Å². The molecular weight excluding hydrogens is 278 g/mol. The normalized spacial score (nSPS) is 31.4. The van der Waals surface area contributed by atoms with Gasteiger partial charge in [0.05, 0.1) is 12.6 Å². The Kier molecular flexibility index (Phi) is 5.37. The van der Waals surface area contributed by atoms with E-state index in [-0.39, 0.29) is 12.0 Å². The van der Waals surface area contributed by atoms with E-state index in [1.54, 1.807) is 0 Å². The Morgan fingerprint density at radius 3 is 2.45 bits per heavy atom. The summed E-state index contributed by atoms with van der Waals surface area (Å²) in [7, 11) is 2.05. The number of amides is 1. The third-order valence-corrected chi connectivity index (χ3v) is 5.62. The van der Waals surface area contributed by atoms with Crippen molar-refractivity contribution < 1.29 is 9.90 Å². The Morgan fingerprint density at radius 2 is 1.82 bits per heavy atom. The zero-order valence-electron chi connectivity index (χ0n) is 13.8. The highest BCUT2D eigenvalue weighted by atomic mass is 16.3. The second-order valence-electron chi connectivity index (χ2n) is 7.44. The van der Waals surface area contributed by atoms with Gasteiger partial charge >= 0.3 is 0 Å². The molecule has 2 N–H and O–H groups in total. The second kappa shape index (κ2) is 7.28. The van der Waals surface area contributed by atoms with Crippen LogP contribution in [0.1, 0.15) is 51.4 Å². The molecule has 3 fully saturated rings. The van der Waals surface area contributed by atoms with Gasteiger partial charge in [-0.25, -0.2) is 0 Å². The molecule has 126 valence electrons. The summed E-state index contributed by atoms with van der Waals surface area (Å²) >= 11 is 0. The number of likely N-dealkylation sites (N-methyl/N-ethyl adjacent to an activating group) is 1. The van der Waals surface area contributed by atoms with E-state index in [1.807, 2.05) is 7.05 Å². The topological polar surface area (TPSA) is 55.8 Å². The first-order chi connectivity index (χ1) is 10.6. The molecule has 0 spiro atoms. The average Bonchev–Trinajstić information content (AvgIpc) is 3.33. The molecule has 5 nitrogen and oxygen atoms in total. The number of piperidine rings is 1. The number of likely N-dealkylation sites (tertiary alicyclic amines) is 1. The molecule has 2 aliphatic carbocycles. The molecule has 2 unspecified atom stereocenters. The maximum atomic E-state index is 12.1. The lowest BCUT2D eigenvalue weighted by molar-refractivity contribution is -0.123. The molecule has 3 rings (SSSR count). The summed E-state index contributed by atoms with van der Waals surface area (Å²) in [6, 6.07) is 1.31. The number of carbonyl (C=O) groups excluding carboxylic acids is 1. The predicted molar refractivity (Wildman–Crippen MR) is 86.7 cm³/mol. The molecule has 1 aliphatic heterocycles. The molecule has 1 saturated heterocycles. The summed E-state index contributed by atoms with van der Waals surface area (Å²) < 4.78 is 0. The SMILES string of the molecule is CN(CC(=O)NC1CCN(C2CCCCC2O)CC1)C1CC1. The van der Waals surface area contributed by atoms with Gasteiger partial charge < -0.3 is 10.4 Å². The molecule has 2 atom stereocenters. The fourth-order valence-electron chi connectivity index (χ4n) is 4.04. The van der Waals surface area contributed by atoms with Gasteiger partial charge in [0, 0.05) is 31.2 Å². The van der Waals surface area contributed by atoms with E-state index in [0.717, 1.165) is 38.8 Å². The molecule has 2 saturated carbocycles. The van der Waals surface area contributed by atoms with E-state index >= 15 is 0 Å². The summed E-state index contributed by atoms with van der Waals surface area (Å²) in [4.78, 5) is 16.7. The Balaban J connectivity index is 1.38. The van der Waals surface area contributed by atoms with Gasteiger partial charge in [0.1, 0.15) is 0 Å². The lowest BCUT2D eigenvalue weighted by atomic mass is 9.89. The minimum atomic E-state index is -0.146. The van der Waals surface area contributed by atoms with Crippen LogP contribution in [0.4, 0.5) is 0 Å². The van der Waals surface area contributed by atoms with Crippen LogP contribution in [0.25, 0.3) is 0 Å². The summed E-state index contributed by atoms with van der Waals surface area (Å²) in [5.74, 6) is 0.172. The van der Waals surface area contributed by atoms with Crippen molar-refractivity contribution in [2.24, 2.45) is 0 Å². The molecule has 3 aliphatic rings. The minimum Gasteiger partial charge on any atom is -0.391 e. The van der Waals surface area contributed by atoms with Gasteiger partial charge in [-0.05, 0) is 45.6 Å². The molecule has 1 amide bonds. The number of aliphatic hydroxyl groups is 1. The molecule has 0 aromatic rings. The molecular formula is C17H31N3O2. The van der Waals surface area contributed by atoms with E-state index < -0.39 is 0 Å². The van der Waals surface area contributed by atoms with E-state index in [9.17, 15) is 9.90 Å². The van der Waals surface area contributed by atoms with Crippen molar-refractivity contribution in [3.8, 4) is 0 Å². The number of aliphatic hydroxyl groups excluding tert-OH is 1. The van der Waals surface area contributed by atoms with Gasteiger partial charge in [0.25, 0.3) is 0 Å². The standard InChI is InChI=1S/C17H31N3O2/c1-19(14-6-7-14)12-17(22)18-13-8-10-20(11-9-13)15-4-2-3-5-16(15)21/h13-16,21H,2-12H2,1H3,(H,18,22). The van der Waals surface area contributed by atoms with Crippen molar-refractivity contribution in [1.82, 2.24) is 15.1 Å². The van der Waals surface area contributed by atoms with Crippen LogP contribution in [0, 0.1) is 0 Å². The average molecular weight is 309 g/mol. The first-order valence-electron chi connectivity index (χ1n) is 9.05. The molecule has 0 bridgehead atoms. The van der Waals surface area contributed by atoms with Crippen LogP contribution >= 0.6 is 0 Å². The summed E-state index contributed by atoms with van der Waals surface area (Å²) in [5.41, 5.74) is 0. The fraction of sp³-hybridized carbons (Fsp3) is 0.941. The number of nitrogens with zero attached hydrogens (tertiary/aromatic N) is 2. The zero-order valence-corrected chi connectivity index (χ0v) is 13.8. The quantitative estimate of drug-likeness (QED) is 0.794. The highest BCUT2D eigenvalue weighted by Gasteiger charge is 2.32. The Labute approximate surface area is 134 Å². The van der Waals surface area contributed by atoms with Crippen LogP contribution in [-0.2, 0) is 4.79 Å². The largest absolute Gasteiger partial charge is 0.391 e. The van der Waals surface area contributed by atoms with E-state index in [2.05, 4.69) is 15.1 Å². The van der Waals surface area contributed by atoms with Gasteiger partial charge in [0.15, 0.2) is 0 Å². The Morgan fingerprint density at radius 1 is 1.14 bits per heavy atom. The van der Waals surface area contributed by atoms with Crippen molar-refractivity contribution in [1.29, 1.82) is 0 Å². The predicted octanol–water partition coefficient (Wildman–Crippen LogP) is 0.965. The van der Waals surface area contributed by atoms with Crippen LogP contribution in [-0.4, -0.2) is 71.7 Å². The van der Waals surface area contributed by atoms with Crippen LogP contribution in [0.5, 0.6) is 0 Å². The smallest absolute Gasteiger partial charge is 0.234 e. The fourth-order valence-corrected chi connectivity index (χ4v) is 4.04. The van der Waals surface area contributed by atoms with Crippen molar-refractivity contribution in [2.75, 3.05) is 26.7 Å². The van der Waals surface area contributed by atoms with Crippen molar-refractivity contribution in [3.63, 3.8) is 0 Å². The van der Waals surface area contributed by atoms with Crippen molar-refractivity contribution >= 4 is 5.91 Å². The monoisotopic (exact) mass is 309 g/mol. The molecule has 0 aromatic heterocycles. The van der Waals surface area contributed by atoms with Crippen LogP contribution in [0.2, 0.25) is 0 Å². The minimum absolute atomic E-state index is 0.146. The Bertz CT molecular complexity index is 378. The first-order valence-corrected chi connectivity index (χ1v) is 9.05. The van der Waals surface area contributed by atoms with Gasteiger partial charge in [-0.3, -0.25) is 14.6 Å². The number of rotatable bonds is 5. The van der Waals surface area contributed by atoms with Gasteiger partial charge in [-0.2, -0.15) is 0 Å². The number of carbonyl (C=O) groups is 1. The second-order valence-corrected chi connectivity index (χ2v) is 7.44. The number of nitrogens with one attached hydrogen (secondary N) is 1. The summed E-state index contributed by atoms with van der Waals surface area (Å²) in [5, 5.41) is 13.4. The highest BCUT2D eigenvalue weighted by Crippen LogP contribution is 2.26. The molecule has 22 heavy (non-hydrogen) atoms. The lowest BCUT2D eigenvalue weighted by Gasteiger charge is -2.41. The first kappa shape index (κ1) is 16.2. The highest BCUT2D eigenvalue weighted by molar-refractivity contribution is 5.78. The maximum absolute atomic E-state index is 12.1. The number of hydrogen-bond donors (Lipinski definition) is 2. The molecule has 5 heteroatoms.